The molecule has 1 aliphatic heterocycles. The predicted molar refractivity (Wildman–Crippen MR) is 56.3 cm³/mol. The van der Waals surface area contributed by atoms with Gasteiger partial charge in [-0.3, -0.25) is 0 Å². The van der Waals surface area contributed by atoms with Gasteiger partial charge in [0.15, 0.2) is 11.5 Å². The molecule has 0 radical (unpaired) electrons. The molecule has 0 amide bonds. The van der Waals surface area contributed by atoms with Crippen LogP contribution < -0.4 is 9.47 Å². The molecule has 0 aliphatic carbocycles. The lowest BCUT2D eigenvalue weighted by atomic mass is 10.0. The average molecular weight is 252 g/mol. The summed E-state index contributed by atoms with van der Waals surface area (Å²) in [6, 6.07) is 1.03. The molecule has 0 atom stereocenters. The van der Waals surface area contributed by atoms with Crippen LogP contribution in [0.2, 0.25) is 0 Å². The number of aromatic carboxylic acids is 1. The molecule has 1 aliphatic rings. The molecule has 0 spiro atoms. The van der Waals surface area contributed by atoms with Crippen LogP contribution in [-0.2, 0) is 4.74 Å². The van der Waals surface area contributed by atoms with Gasteiger partial charge in [-0.1, -0.05) is 0 Å². The summed E-state index contributed by atoms with van der Waals surface area (Å²) < 4.78 is 14.3. The van der Waals surface area contributed by atoms with Gasteiger partial charge in [0.25, 0.3) is 0 Å². The molecule has 7 nitrogen and oxygen atoms in total. The van der Waals surface area contributed by atoms with Crippen molar-refractivity contribution < 1.29 is 33.7 Å². The number of carbonyl (C=O) groups is 3. The van der Waals surface area contributed by atoms with Gasteiger partial charge >= 0.3 is 17.9 Å². The van der Waals surface area contributed by atoms with Crippen LogP contribution in [0.1, 0.15) is 31.1 Å². The third kappa shape index (κ3) is 1.48. The SMILES string of the molecule is COc1c(C(=O)O)cc2c(c1OC)C(=O)OC2=O. The van der Waals surface area contributed by atoms with E-state index in [1.807, 2.05) is 0 Å². The molecule has 0 unspecified atom stereocenters. The van der Waals surface area contributed by atoms with Crippen molar-refractivity contribution in [2.24, 2.45) is 0 Å². The molecule has 94 valence electrons. The van der Waals surface area contributed by atoms with Gasteiger partial charge in [-0.15, -0.1) is 0 Å². The smallest absolute Gasteiger partial charge is 0.350 e. The predicted octanol–water partition coefficient (Wildman–Crippen LogP) is 0.713. The van der Waals surface area contributed by atoms with Crippen molar-refractivity contribution in [1.29, 1.82) is 0 Å². The Hall–Kier alpha value is -2.57. The number of carboxylic acid groups (broad SMARTS) is 1. The molecule has 1 aromatic carbocycles. The number of esters is 2. The zero-order valence-corrected chi connectivity index (χ0v) is 9.47. The third-order valence-electron chi connectivity index (χ3n) is 2.48. The zero-order valence-electron chi connectivity index (χ0n) is 9.47. The Morgan fingerprint density at radius 1 is 1.17 bits per heavy atom. The Labute approximate surface area is 101 Å². The molecular formula is C11H8O7. The minimum absolute atomic E-state index is 0.121. The molecule has 0 saturated heterocycles. The van der Waals surface area contributed by atoms with Gasteiger partial charge in [0, 0.05) is 0 Å². The molecule has 1 aromatic rings. The maximum absolute atomic E-state index is 11.5. The van der Waals surface area contributed by atoms with Gasteiger partial charge in [0.1, 0.15) is 11.1 Å². The Morgan fingerprint density at radius 3 is 2.28 bits per heavy atom. The monoisotopic (exact) mass is 252 g/mol. The highest BCUT2D eigenvalue weighted by molar-refractivity contribution is 6.18. The standard InChI is InChI=1S/C11H8O7/c1-16-7-5(9(12)13)3-4-6(8(7)17-2)11(15)18-10(4)14/h3H,1-2H3,(H,12,13). The van der Waals surface area contributed by atoms with E-state index < -0.39 is 17.9 Å². The van der Waals surface area contributed by atoms with Crippen molar-refractivity contribution in [2.45, 2.75) is 0 Å². The van der Waals surface area contributed by atoms with Crippen LogP contribution in [0, 0.1) is 0 Å². The van der Waals surface area contributed by atoms with Gasteiger partial charge in [-0.25, -0.2) is 14.4 Å². The van der Waals surface area contributed by atoms with Gasteiger partial charge < -0.3 is 19.3 Å². The summed E-state index contributed by atoms with van der Waals surface area (Å²) in [6.07, 6.45) is 0. The third-order valence-corrected chi connectivity index (χ3v) is 2.48. The number of rotatable bonds is 3. The molecule has 0 bridgehead atoms. The maximum Gasteiger partial charge on any atom is 0.350 e. The summed E-state index contributed by atoms with van der Waals surface area (Å²) in [6.45, 7) is 0. The lowest BCUT2D eigenvalue weighted by Crippen LogP contribution is -2.07. The number of cyclic esters (lactones) is 2. The number of benzene rings is 1. The Balaban J connectivity index is 2.84. The topological polar surface area (TPSA) is 99.1 Å². The van der Waals surface area contributed by atoms with E-state index in [-0.39, 0.29) is 28.2 Å². The van der Waals surface area contributed by atoms with Crippen LogP contribution in [0.5, 0.6) is 11.5 Å². The summed E-state index contributed by atoms with van der Waals surface area (Å²) in [5.41, 5.74) is -0.542. The molecule has 0 aromatic heterocycles. The first-order valence-electron chi connectivity index (χ1n) is 4.80. The molecule has 1 heterocycles. The van der Waals surface area contributed by atoms with E-state index in [0.717, 1.165) is 6.07 Å². The highest BCUT2D eigenvalue weighted by Gasteiger charge is 2.37. The first kappa shape index (κ1) is 11.9. The maximum atomic E-state index is 11.5. The minimum atomic E-state index is -1.31. The second-order valence-corrected chi connectivity index (χ2v) is 3.40. The highest BCUT2D eigenvalue weighted by Crippen LogP contribution is 2.40. The van der Waals surface area contributed by atoms with Crippen molar-refractivity contribution in [2.75, 3.05) is 14.2 Å². The zero-order chi connectivity index (χ0) is 13.4. The van der Waals surface area contributed by atoms with Gasteiger partial charge in [0.05, 0.1) is 19.8 Å². The van der Waals surface area contributed by atoms with Crippen LogP contribution in [0.15, 0.2) is 6.07 Å². The van der Waals surface area contributed by atoms with E-state index in [0.29, 0.717) is 0 Å². The van der Waals surface area contributed by atoms with Gasteiger partial charge in [0.2, 0.25) is 0 Å². The van der Waals surface area contributed by atoms with Crippen LogP contribution in [0.25, 0.3) is 0 Å². The van der Waals surface area contributed by atoms with E-state index >= 15 is 0 Å². The Bertz CT molecular complexity index is 573. The second kappa shape index (κ2) is 4.02. The van der Waals surface area contributed by atoms with Crippen LogP contribution >= 0.6 is 0 Å². The van der Waals surface area contributed by atoms with E-state index in [1.165, 1.54) is 14.2 Å². The molecule has 18 heavy (non-hydrogen) atoms. The quantitative estimate of drug-likeness (QED) is 0.624. The van der Waals surface area contributed by atoms with E-state index in [2.05, 4.69) is 4.74 Å². The van der Waals surface area contributed by atoms with E-state index in [9.17, 15) is 14.4 Å². The average Bonchev–Trinajstić information content (AvgIpc) is 2.62. The number of fused-ring (bicyclic) bond motifs is 1. The minimum Gasteiger partial charge on any atom is -0.492 e. The molecule has 0 saturated carbocycles. The lowest BCUT2D eigenvalue weighted by Gasteiger charge is -2.12. The molecule has 0 fully saturated rings. The summed E-state index contributed by atoms with van der Waals surface area (Å²) in [4.78, 5) is 33.9. The summed E-state index contributed by atoms with van der Waals surface area (Å²) in [5, 5.41) is 9.03. The number of carbonyl (C=O) groups excluding carboxylic acids is 2. The van der Waals surface area contributed by atoms with Crippen LogP contribution in [0.3, 0.4) is 0 Å². The van der Waals surface area contributed by atoms with Gasteiger partial charge in [-0.05, 0) is 6.07 Å². The number of carboxylic acids is 1. The van der Waals surface area contributed by atoms with Crippen molar-refractivity contribution in [3.63, 3.8) is 0 Å². The molecular weight excluding hydrogens is 244 g/mol. The fraction of sp³-hybridized carbons (Fsp3) is 0.182. The first-order chi connectivity index (χ1) is 8.51. The summed E-state index contributed by atoms with van der Waals surface area (Å²) in [7, 11) is 2.47. The number of methoxy groups -OCH3 is 2. The highest BCUT2D eigenvalue weighted by atomic mass is 16.6. The van der Waals surface area contributed by atoms with Crippen molar-refractivity contribution in [3.05, 3.63) is 22.8 Å². The van der Waals surface area contributed by atoms with Crippen molar-refractivity contribution in [3.8, 4) is 11.5 Å². The van der Waals surface area contributed by atoms with E-state index in [1.54, 1.807) is 0 Å². The van der Waals surface area contributed by atoms with Gasteiger partial charge in [-0.2, -0.15) is 0 Å². The second-order valence-electron chi connectivity index (χ2n) is 3.40. The molecule has 2 rings (SSSR count). The fourth-order valence-electron chi connectivity index (χ4n) is 1.75. The molecule has 7 heteroatoms. The normalized spacial score (nSPS) is 13.0. The first-order valence-corrected chi connectivity index (χ1v) is 4.80. The fourth-order valence-corrected chi connectivity index (χ4v) is 1.75. The number of hydrogen-bond donors (Lipinski definition) is 1. The Morgan fingerprint density at radius 2 is 1.78 bits per heavy atom. The Kier molecular flexibility index (Phi) is 2.66. The van der Waals surface area contributed by atoms with Crippen LogP contribution in [-0.4, -0.2) is 37.2 Å². The number of ether oxygens (including phenoxy) is 3. The summed E-state index contributed by atoms with van der Waals surface area (Å²) in [5.74, 6) is -3.35. The number of hydrogen-bond acceptors (Lipinski definition) is 6. The lowest BCUT2D eigenvalue weighted by molar-refractivity contribution is 0.0442. The van der Waals surface area contributed by atoms with Crippen molar-refractivity contribution >= 4 is 17.9 Å². The summed E-state index contributed by atoms with van der Waals surface area (Å²) >= 11 is 0. The van der Waals surface area contributed by atoms with Crippen molar-refractivity contribution in [1.82, 2.24) is 0 Å². The van der Waals surface area contributed by atoms with E-state index in [4.69, 9.17) is 14.6 Å². The largest absolute Gasteiger partial charge is 0.492 e. The van der Waals surface area contributed by atoms with Crippen LogP contribution in [0.4, 0.5) is 0 Å². The molecule has 1 N–H and O–H groups in total.